The van der Waals surface area contributed by atoms with Gasteiger partial charge in [-0.3, -0.25) is 19.2 Å². The third-order valence-electron chi connectivity index (χ3n) is 5.05. The molecule has 0 rings (SSSR count). The second-order valence-corrected chi connectivity index (χ2v) is 7.47. The zero-order valence-electron chi connectivity index (χ0n) is 18.1. The molecule has 5 unspecified atom stereocenters. The number of carboxylic acids is 1. The maximum atomic E-state index is 12.5. The third-order valence-corrected chi connectivity index (χ3v) is 5.05. The van der Waals surface area contributed by atoms with Crippen molar-refractivity contribution in [3.63, 3.8) is 0 Å². The maximum Gasteiger partial charge on any atom is 0.326 e. The van der Waals surface area contributed by atoms with Gasteiger partial charge in [0.1, 0.15) is 12.1 Å². The van der Waals surface area contributed by atoms with E-state index >= 15 is 0 Å². The molecule has 0 aliphatic rings. The number of carbonyl (C=O) groups excluding carboxylic acids is 4. The topological polar surface area (TPSA) is 194 Å². The summed E-state index contributed by atoms with van der Waals surface area (Å²) in [6, 6.07) is -3.01. The lowest BCUT2D eigenvalue weighted by molar-refractivity contribution is -0.143. The van der Waals surface area contributed by atoms with Gasteiger partial charge in [0.05, 0.1) is 12.6 Å². The van der Waals surface area contributed by atoms with Crippen LogP contribution in [0.2, 0.25) is 0 Å². The summed E-state index contributed by atoms with van der Waals surface area (Å²) in [5.41, 5.74) is 10.8. The molecule has 5 atom stereocenters. The first-order valence-electron chi connectivity index (χ1n) is 10.1. The third kappa shape index (κ3) is 9.68. The van der Waals surface area contributed by atoms with Gasteiger partial charge in [0.2, 0.25) is 23.6 Å². The number of primary amides is 1. The summed E-state index contributed by atoms with van der Waals surface area (Å²) in [6.45, 7) is 6.66. The summed E-state index contributed by atoms with van der Waals surface area (Å²) in [4.78, 5) is 59.0. The zero-order chi connectivity index (χ0) is 23.4. The fourth-order valence-electron chi connectivity index (χ4n) is 2.58. The standard InChI is InChI=1S/C19H35N5O6/c1-5-10(3)15(24-17(27)12(20)7-8-13(21)25)18(28)22-9-14(26)23-16(19(29)30)11(4)6-2/h10-12,15-16H,5-9,20H2,1-4H3,(H2,21,25)(H,22,28)(H,23,26)(H,24,27)(H,29,30). The van der Waals surface area contributed by atoms with E-state index in [0.29, 0.717) is 12.8 Å². The monoisotopic (exact) mass is 429 g/mol. The Balaban J connectivity index is 4.92. The van der Waals surface area contributed by atoms with Gasteiger partial charge in [-0.15, -0.1) is 0 Å². The van der Waals surface area contributed by atoms with Gasteiger partial charge >= 0.3 is 5.97 Å². The molecule has 11 nitrogen and oxygen atoms in total. The predicted octanol–water partition coefficient (Wildman–Crippen LogP) is -1.16. The molecule has 0 aromatic heterocycles. The van der Waals surface area contributed by atoms with E-state index in [1.165, 1.54) is 0 Å². The number of hydrogen-bond acceptors (Lipinski definition) is 6. The van der Waals surface area contributed by atoms with Crippen molar-refractivity contribution >= 4 is 29.6 Å². The molecule has 8 N–H and O–H groups in total. The molecule has 0 aliphatic heterocycles. The van der Waals surface area contributed by atoms with Crippen LogP contribution in [0.25, 0.3) is 0 Å². The summed E-state index contributed by atoms with van der Waals surface area (Å²) >= 11 is 0. The molecule has 0 heterocycles. The van der Waals surface area contributed by atoms with Crippen molar-refractivity contribution in [1.29, 1.82) is 0 Å². The number of aliphatic carboxylic acids is 1. The Kier molecular flexibility index (Phi) is 12.3. The van der Waals surface area contributed by atoms with Crippen LogP contribution in [-0.2, 0) is 24.0 Å². The molecule has 172 valence electrons. The van der Waals surface area contributed by atoms with Crippen LogP contribution in [-0.4, -0.2) is 59.4 Å². The number of amides is 4. The van der Waals surface area contributed by atoms with Crippen LogP contribution in [0.5, 0.6) is 0 Å². The van der Waals surface area contributed by atoms with Gasteiger partial charge in [-0.05, 0) is 18.3 Å². The first kappa shape index (κ1) is 27.3. The van der Waals surface area contributed by atoms with Gasteiger partial charge < -0.3 is 32.5 Å². The molecule has 0 bridgehead atoms. The number of carboxylic acid groups (broad SMARTS) is 1. The Morgan fingerprint density at radius 3 is 1.90 bits per heavy atom. The van der Waals surface area contributed by atoms with Crippen molar-refractivity contribution in [3.05, 3.63) is 0 Å². The van der Waals surface area contributed by atoms with E-state index in [1.54, 1.807) is 13.8 Å². The van der Waals surface area contributed by atoms with Crippen molar-refractivity contribution in [2.45, 2.75) is 71.5 Å². The molecule has 0 fully saturated rings. The quantitative estimate of drug-likeness (QED) is 0.200. The van der Waals surface area contributed by atoms with E-state index in [-0.39, 0.29) is 24.7 Å². The molecular formula is C19H35N5O6. The molecule has 0 aliphatic carbocycles. The summed E-state index contributed by atoms with van der Waals surface area (Å²) in [7, 11) is 0. The van der Waals surface area contributed by atoms with Crippen LogP contribution < -0.4 is 27.4 Å². The zero-order valence-corrected chi connectivity index (χ0v) is 18.1. The summed E-state index contributed by atoms with van der Waals surface area (Å²) in [5.74, 6) is -4.13. The minimum atomic E-state index is -1.15. The molecule has 0 spiro atoms. The van der Waals surface area contributed by atoms with Gasteiger partial charge in [0, 0.05) is 6.42 Å². The summed E-state index contributed by atoms with van der Waals surface area (Å²) < 4.78 is 0. The highest BCUT2D eigenvalue weighted by atomic mass is 16.4. The summed E-state index contributed by atoms with van der Waals surface area (Å²) in [6.07, 6.45) is 1.11. The van der Waals surface area contributed by atoms with Gasteiger partial charge in [-0.25, -0.2) is 4.79 Å². The van der Waals surface area contributed by atoms with Crippen molar-refractivity contribution in [1.82, 2.24) is 16.0 Å². The second kappa shape index (κ2) is 13.5. The Labute approximate surface area is 176 Å². The van der Waals surface area contributed by atoms with E-state index in [0.717, 1.165) is 0 Å². The summed E-state index contributed by atoms with van der Waals surface area (Å²) in [5, 5.41) is 16.6. The van der Waals surface area contributed by atoms with Crippen molar-refractivity contribution in [2.24, 2.45) is 23.3 Å². The molecule has 4 amide bonds. The minimum Gasteiger partial charge on any atom is -0.480 e. The average Bonchev–Trinajstić information content (AvgIpc) is 2.70. The molecule has 30 heavy (non-hydrogen) atoms. The Morgan fingerprint density at radius 1 is 0.900 bits per heavy atom. The average molecular weight is 430 g/mol. The van der Waals surface area contributed by atoms with Crippen LogP contribution in [0.4, 0.5) is 0 Å². The number of nitrogens with one attached hydrogen (secondary N) is 3. The van der Waals surface area contributed by atoms with E-state index < -0.39 is 54.3 Å². The number of rotatable bonds is 14. The van der Waals surface area contributed by atoms with Crippen LogP contribution in [0.15, 0.2) is 0 Å². The molecule has 0 aromatic carbocycles. The molecule has 0 aromatic rings. The van der Waals surface area contributed by atoms with E-state index in [4.69, 9.17) is 11.5 Å². The van der Waals surface area contributed by atoms with Gasteiger partial charge in [0.25, 0.3) is 0 Å². The lowest BCUT2D eigenvalue weighted by atomic mass is 9.97. The molecule has 0 saturated heterocycles. The second-order valence-electron chi connectivity index (χ2n) is 7.47. The van der Waals surface area contributed by atoms with Gasteiger partial charge in [-0.1, -0.05) is 40.5 Å². The smallest absolute Gasteiger partial charge is 0.326 e. The minimum absolute atomic E-state index is 0.0462. The van der Waals surface area contributed by atoms with E-state index in [9.17, 15) is 29.1 Å². The lowest BCUT2D eigenvalue weighted by Gasteiger charge is -2.25. The Bertz CT molecular complexity index is 627. The van der Waals surface area contributed by atoms with Gasteiger partial charge in [0.15, 0.2) is 0 Å². The number of hydrogen-bond donors (Lipinski definition) is 6. The fourth-order valence-corrected chi connectivity index (χ4v) is 2.58. The number of nitrogens with two attached hydrogens (primary N) is 2. The van der Waals surface area contributed by atoms with Gasteiger partial charge in [-0.2, -0.15) is 0 Å². The fraction of sp³-hybridized carbons (Fsp3) is 0.737. The van der Waals surface area contributed by atoms with Crippen molar-refractivity contribution in [3.8, 4) is 0 Å². The SMILES string of the molecule is CCC(C)C(NC(=O)CNC(=O)C(NC(=O)C(N)CCC(N)=O)C(C)CC)C(=O)O. The molecule has 11 heteroatoms. The Morgan fingerprint density at radius 2 is 1.43 bits per heavy atom. The largest absolute Gasteiger partial charge is 0.480 e. The predicted molar refractivity (Wildman–Crippen MR) is 110 cm³/mol. The Hall–Kier alpha value is -2.69. The molecule has 0 radical (unpaired) electrons. The first-order chi connectivity index (χ1) is 13.9. The maximum absolute atomic E-state index is 12.5. The van der Waals surface area contributed by atoms with Crippen LogP contribution in [0, 0.1) is 11.8 Å². The highest BCUT2D eigenvalue weighted by molar-refractivity contribution is 5.92. The van der Waals surface area contributed by atoms with Crippen molar-refractivity contribution in [2.75, 3.05) is 6.54 Å². The number of carbonyl (C=O) groups is 5. The van der Waals surface area contributed by atoms with Crippen LogP contribution >= 0.6 is 0 Å². The van der Waals surface area contributed by atoms with Crippen LogP contribution in [0.3, 0.4) is 0 Å². The molecular weight excluding hydrogens is 394 g/mol. The van der Waals surface area contributed by atoms with E-state index in [1.807, 2.05) is 13.8 Å². The van der Waals surface area contributed by atoms with Crippen molar-refractivity contribution < 1.29 is 29.1 Å². The van der Waals surface area contributed by atoms with E-state index in [2.05, 4.69) is 16.0 Å². The first-order valence-corrected chi connectivity index (χ1v) is 10.1. The molecule has 0 saturated carbocycles. The lowest BCUT2D eigenvalue weighted by Crippen LogP contribution is -2.56. The highest BCUT2D eigenvalue weighted by Crippen LogP contribution is 2.09. The van der Waals surface area contributed by atoms with Crippen LogP contribution in [0.1, 0.15) is 53.4 Å². The normalized spacial score (nSPS) is 15.8. The highest BCUT2D eigenvalue weighted by Gasteiger charge is 2.29.